The first-order valence-electron chi connectivity index (χ1n) is 15.6. The molecular formula is C43H28N2. The Kier molecular flexibility index (Phi) is 4.95. The molecule has 0 unspecified atom stereocenters. The Labute approximate surface area is 260 Å². The topological polar surface area (TPSA) is 9.86 Å². The summed E-state index contributed by atoms with van der Waals surface area (Å²) in [5, 5.41) is 12.7. The predicted octanol–water partition coefficient (Wildman–Crippen LogP) is 11.6. The van der Waals surface area contributed by atoms with Crippen LogP contribution in [-0.2, 0) is 0 Å². The van der Waals surface area contributed by atoms with Crippen LogP contribution >= 0.6 is 0 Å². The Morgan fingerprint density at radius 3 is 1.11 bits per heavy atom. The van der Waals surface area contributed by atoms with Crippen molar-refractivity contribution >= 4 is 75.9 Å². The summed E-state index contributed by atoms with van der Waals surface area (Å²) in [6.07, 6.45) is 0. The monoisotopic (exact) mass is 572 g/mol. The van der Waals surface area contributed by atoms with E-state index in [1.165, 1.54) is 92.9 Å². The van der Waals surface area contributed by atoms with Gasteiger partial charge in [-0.3, -0.25) is 0 Å². The Morgan fingerprint density at radius 2 is 0.644 bits per heavy atom. The molecule has 2 heteroatoms. The quantitative estimate of drug-likeness (QED) is 0.182. The maximum absolute atomic E-state index is 2.47. The summed E-state index contributed by atoms with van der Waals surface area (Å²) in [5.74, 6) is 0. The minimum Gasteiger partial charge on any atom is -0.309 e. The molecule has 0 N–H and O–H groups in total. The van der Waals surface area contributed by atoms with Crippen LogP contribution in [0.3, 0.4) is 0 Å². The second-order valence-electron chi connectivity index (χ2n) is 12.2. The lowest BCUT2D eigenvalue weighted by Gasteiger charge is -2.19. The number of hydrogen-bond donors (Lipinski definition) is 0. The Morgan fingerprint density at radius 1 is 0.289 bits per heavy atom. The molecule has 8 aromatic carbocycles. The minimum atomic E-state index is 1.21. The van der Waals surface area contributed by atoms with Crippen molar-refractivity contribution in [2.75, 3.05) is 0 Å². The molecule has 10 aromatic rings. The number of hydrogen-bond acceptors (Lipinski definition) is 0. The van der Waals surface area contributed by atoms with Gasteiger partial charge in [-0.15, -0.1) is 0 Å². The van der Waals surface area contributed by atoms with Gasteiger partial charge in [-0.05, 0) is 70.9 Å². The summed E-state index contributed by atoms with van der Waals surface area (Å²) in [4.78, 5) is 0. The molecule has 0 atom stereocenters. The van der Waals surface area contributed by atoms with E-state index in [4.69, 9.17) is 0 Å². The van der Waals surface area contributed by atoms with E-state index in [1.807, 2.05) is 0 Å². The van der Waals surface area contributed by atoms with E-state index in [2.05, 4.69) is 168 Å². The molecule has 2 aromatic heterocycles. The zero-order valence-corrected chi connectivity index (χ0v) is 24.8. The average molecular weight is 573 g/mol. The van der Waals surface area contributed by atoms with Crippen molar-refractivity contribution in [3.8, 4) is 11.4 Å². The Balaban J connectivity index is 1.41. The van der Waals surface area contributed by atoms with Gasteiger partial charge >= 0.3 is 0 Å². The van der Waals surface area contributed by atoms with Crippen molar-refractivity contribution in [1.82, 2.24) is 9.13 Å². The third-order valence-corrected chi connectivity index (χ3v) is 9.73. The third kappa shape index (κ3) is 3.34. The van der Waals surface area contributed by atoms with E-state index in [9.17, 15) is 0 Å². The van der Waals surface area contributed by atoms with Gasteiger partial charge in [-0.25, -0.2) is 0 Å². The fourth-order valence-corrected chi connectivity index (χ4v) is 7.81. The van der Waals surface area contributed by atoms with Crippen molar-refractivity contribution in [3.63, 3.8) is 0 Å². The van der Waals surface area contributed by atoms with Crippen molar-refractivity contribution in [3.05, 3.63) is 157 Å². The fourth-order valence-electron chi connectivity index (χ4n) is 7.81. The van der Waals surface area contributed by atoms with Crippen LogP contribution in [0.2, 0.25) is 0 Å². The van der Waals surface area contributed by atoms with Gasteiger partial charge in [0.05, 0.1) is 33.4 Å². The zero-order chi connectivity index (χ0) is 29.6. The summed E-state index contributed by atoms with van der Waals surface area (Å²) in [6, 6.07) is 55.9. The van der Waals surface area contributed by atoms with Gasteiger partial charge in [0.25, 0.3) is 0 Å². The van der Waals surface area contributed by atoms with E-state index >= 15 is 0 Å². The smallest absolute Gasteiger partial charge is 0.0547 e. The van der Waals surface area contributed by atoms with Gasteiger partial charge in [-0.2, -0.15) is 0 Å². The van der Waals surface area contributed by atoms with Crippen molar-refractivity contribution in [2.45, 2.75) is 6.92 Å². The maximum atomic E-state index is 2.47. The van der Waals surface area contributed by atoms with Crippen molar-refractivity contribution in [2.24, 2.45) is 0 Å². The van der Waals surface area contributed by atoms with Gasteiger partial charge in [0.1, 0.15) is 0 Å². The first-order valence-corrected chi connectivity index (χ1v) is 15.6. The molecular weight excluding hydrogens is 544 g/mol. The van der Waals surface area contributed by atoms with Crippen LogP contribution in [0.25, 0.3) is 87.3 Å². The first kappa shape index (κ1) is 24.6. The number of nitrogens with zero attached hydrogens (tertiary/aromatic N) is 2. The van der Waals surface area contributed by atoms with Crippen molar-refractivity contribution < 1.29 is 0 Å². The number of para-hydroxylation sites is 4. The highest BCUT2D eigenvalue weighted by Gasteiger charge is 2.20. The van der Waals surface area contributed by atoms with Crippen LogP contribution in [0.1, 0.15) is 5.56 Å². The van der Waals surface area contributed by atoms with E-state index in [1.54, 1.807) is 0 Å². The molecule has 2 nitrogen and oxygen atoms in total. The SMILES string of the molecule is Cc1ccc2c(c1)c(-n1c3ccccc3c3ccccc31)cc1c3ccccc3c(-n3c4ccccc4c4ccccc43)cc21. The van der Waals surface area contributed by atoms with Crippen molar-refractivity contribution in [1.29, 1.82) is 0 Å². The molecule has 0 aliphatic heterocycles. The second kappa shape index (κ2) is 9.07. The number of rotatable bonds is 2. The molecule has 0 fully saturated rings. The molecule has 0 saturated heterocycles. The summed E-state index contributed by atoms with van der Waals surface area (Å²) < 4.78 is 4.94. The zero-order valence-electron chi connectivity index (χ0n) is 24.8. The molecule has 0 amide bonds. The molecule has 0 spiro atoms. The first-order chi connectivity index (χ1) is 22.3. The highest BCUT2D eigenvalue weighted by molar-refractivity contribution is 6.23. The third-order valence-electron chi connectivity index (χ3n) is 9.73. The van der Waals surface area contributed by atoms with Gasteiger partial charge in [0.2, 0.25) is 0 Å². The summed E-state index contributed by atoms with van der Waals surface area (Å²) in [5.41, 5.74) is 8.59. The molecule has 0 bridgehead atoms. The van der Waals surface area contributed by atoms with Crippen LogP contribution in [0, 0.1) is 6.92 Å². The maximum Gasteiger partial charge on any atom is 0.0547 e. The van der Waals surface area contributed by atoms with Gasteiger partial charge in [0.15, 0.2) is 0 Å². The summed E-state index contributed by atoms with van der Waals surface area (Å²) in [6.45, 7) is 2.20. The highest BCUT2D eigenvalue weighted by atomic mass is 15.0. The van der Waals surface area contributed by atoms with Gasteiger partial charge < -0.3 is 9.13 Å². The molecule has 45 heavy (non-hydrogen) atoms. The summed E-state index contributed by atoms with van der Waals surface area (Å²) in [7, 11) is 0. The normalized spacial score (nSPS) is 12.1. The Hall–Kier alpha value is -5.86. The number of benzene rings is 8. The standard InChI is InChI=1S/C43H28N2/c1-27-22-23-29-36-25-42(44-38-18-8-4-14-31(38)32-15-5-9-19-39(32)44)30-13-3-2-12-28(30)35(36)26-43(37(29)24-27)45-40-20-10-6-16-33(40)34-17-7-11-21-41(34)45/h2-26H,1H3. The highest BCUT2D eigenvalue weighted by Crippen LogP contribution is 2.43. The molecule has 0 aliphatic carbocycles. The molecule has 210 valence electrons. The second-order valence-corrected chi connectivity index (χ2v) is 12.2. The molecule has 0 radical (unpaired) electrons. The van der Waals surface area contributed by atoms with E-state index in [0.717, 1.165) is 0 Å². The molecule has 0 saturated carbocycles. The van der Waals surface area contributed by atoms with Crippen LogP contribution in [0.15, 0.2) is 152 Å². The largest absolute Gasteiger partial charge is 0.309 e. The molecule has 2 heterocycles. The van der Waals surface area contributed by atoms with E-state index < -0.39 is 0 Å². The van der Waals surface area contributed by atoms with Gasteiger partial charge in [0, 0.05) is 32.3 Å². The fraction of sp³-hybridized carbons (Fsp3) is 0.0233. The number of aromatic nitrogens is 2. The minimum absolute atomic E-state index is 1.21. The van der Waals surface area contributed by atoms with Crippen LogP contribution in [0.4, 0.5) is 0 Å². The molecule has 0 aliphatic rings. The van der Waals surface area contributed by atoms with Crippen LogP contribution in [0.5, 0.6) is 0 Å². The summed E-state index contributed by atoms with van der Waals surface area (Å²) >= 11 is 0. The van der Waals surface area contributed by atoms with Crippen LogP contribution < -0.4 is 0 Å². The lowest BCUT2D eigenvalue weighted by Crippen LogP contribution is -1.99. The lowest BCUT2D eigenvalue weighted by atomic mass is 9.93. The lowest BCUT2D eigenvalue weighted by molar-refractivity contribution is 1.20. The number of aryl methyl sites for hydroxylation is 1. The Bertz CT molecular complexity index is 2720. The molecule has 10 rings (SSSR count). The average Bonchev–Trinajstić information content (AvgIpc) is 3.60. The van der Waals surface area contributed by atoms with E-state index in [0.29, 0.717) is 0 Å². The van der Waals surface area contributed by atoms with Gasteiger partial charge in [-0.1, -0.05) is 115 Å². The number of fused-ring (bicyclic) bond motifs is 11. The van der Waals surface area contributed by atoms with Crippen LogP contribution in [-0.4, -0.2) is 9.13 Å². The predicted molar refractivity (Wildman–Crippen MR) is 192 cm³/mol. The van der Waals surface area contributed by atoms with E-state index in [-0.39, 0.29) is 0 Å².